The van der Waals surface area contributed by atoms with Gasteiger partial charge in [0.15, 0.2) is 4.80 Å². The Balaban J connectivity index is 2.16. The molecule has 3 rings (SSSR count). The fraction of sp³-hybridized carbons (Fsp3) is 0.267. The molecule has 1 amide bonds. The van der Waals surface area contributed by atoms with Crippen LogP contribution < -0.4 is 4.80 Å². The van der Waals surface area contributed by atoms with E-state index in [1.54, 1.807) is 21.4 Å². The van der Waals surface area contributed by atoms with Crippen molar-refractivity contribution < 1.29 is 4.79 Å². The average Bonchev–Trinajstić information content (AvgIpc) is 3.04. The molecule has 1 aromatic carbocycles. The highest BCUT2D eigenvalue weighted by atomic mass is 35.5. The van der Waals surface area contributed by atoms with Crippen LogP contribution in [-0.4, -0.2) is 20.3 Å². The Bertz CT molecular complexity index is 983. The second-order valence-electron chi connectivity index (χ2n) is 5.06. The third kappa shape index (κ3) is 2.82. The summed E-state index contributed by atoms with van der Waals surface area (Å²) < 4.78 is 4.36. The van der Waals surface area contributed by atoms with Gasteiger partial charge in [-0.05, 0) is 32.0 Å². The number of halogens is 2. The number of carbonyl (C=O) groups excluding carboxylic acids is 1. The molecule has 0 atom stereocenters. The number of aromatic nitrogens is 3. The van der Waals surface area contributed by atoms with Gasteiger partial charge in [0.05, 0.1) is 26.0 Å². The molecule has 2 heterocycles. The maximum Gasteiger partial charge on any atom is 0.297 e. The van der Waals surface area contributed by atoms with Crippen molar-refractivity contribution in [2.45, 2.75) is 20.4 Å². The van der Waals surface area contributed by atoms with Gasteiger partial charge in [0, 0.05) is 13.6 Å². The van der Waals surface area contributed by atoms with Crippen LogP contribution in [0.15, 0.2) is 23.2 Å². The monoisotopic (exact) mass is 368 g/mol. The van der Waals surface area contributed by atoms with Gasteiger partial charge in [0.2, 0.25) is 0 Å². The number of thiazole rings is 1. The van der Waals surface area contributed by atoms with Crippen molar-refractivity contribution in [2.24, 2.45) is 12.0 Å². The molecular weight excluding hydrogens is 355 g/mol. The maximum atomic E-state index is 12.5. The molecule has 0 bridgehead atoms. The minimum Gasteiger partial charge on any atom is -0.318 e. The highest BCUT2D eigenvalue weighted by Gasteiger charge is 2.14. The van der Waals surface area contributed by atoms with Crippen LogP contribution >= 0.6 is 34.5 Å². The number of hydrogen-bond donors (Lipinski definition) is 0. The Kier molecular flexibility index (Phi) is 4.31. The van der Waals surface area contributed by atoms with E-state index >= 15 is 0 Å². The molecule has 0 aliphatic rings. The van der Waals surface area contributed by atoms with E-state index in [9.17, 15) is 4.79 Å². The van der Waals surface area contributed by atoms with E-state index < -0.39 is 0 Å². The van der Waals surface area contributed by atoms with Gasteiger partial charge < -0.3 is 4.57 Å². The standard InChI is InChI=1S/C15H14Cl2N4OS/c1-4-21-10(7-8(2)19-21)14(22)18-15-20(3)13-11(23-15)6-5-9(16)12(13)17/h5-7H,4H2,1-3H3. The first-order valence-electron chi connectivity index (χ1n) is 6.99. The lowest BCUT2D eigenvalue weighted by Crippen LogP contribution is -2.15. The third-order valence-electron chi connectivity index (χ3n) is 3.47. The van der Waals surface area contributed by atoms with Gasteiger partial charge >= 0.3 is 0 Å². The van der Waals surface area contributed by atoms with Crippen molar-refractivity contribution >= 4 is 50.7 Å². The zero-order chi connectivity index (χ0) is 16.7. The van der Waals surface area contributed by atoms with Crippen LogP contribution in [-0.2, 0) is 13.6 Å². The minimum atomic E-state index is -0.322. The highest BCUT2D eigenvalue weighted by molar-refractivity contribution is 7.16. The lowest BCUT2D eigenvalue weighted by Gasteiger charge is -2.01. The summed E-state index contributed by atoms with van der Waals surface area (Å²) in [6.45, 7) is 4.40. The largest absolute Gasteiger partial charge is 0.318 e. The van der Waals surface area contributed by atoms with Gasteiger partial charge in [0.25, 0.3) is 5.91 Å². The predicted molar refractivity (Wildman–Crippen MR) is 93.3 cm³/mol. The number of benzene rings is 1. The van der Waals surface area contributed by atoms with E-state index in [4.69, 9.17) is 23.2 Å². The van der Waals surface area contributed by atoms with E-state index in [0.29, 0.717) is 27.1 Å². The Hall–Kier alpha value is -1.63. The summed E-state index contributed by atoms with van der Waals surface area (Å²) in [4.78, 5) is 17.3. The molecule has 23 heavy (non-hydrogen) atoms. The second-order valence-corrected chi connectivity index (χ2v) is 6.85. The van der Waals surface area contributed by atoms with Crippen LogP contribution in [0.3, 0.4) is 0 Å². The fourth-order valence-corrected chi connectivity index (χ4v) is 3.91. The summed E-state index contributed by atoms with van der Waals surface area (Å²) in [7, 11) is 1.82. The molecule has 5 nitrogen and oxygen atoms in total. The van der Waals surface area contributed by atoms with Crippen LogP contribution in [0, 0.1) is 6.92 Å². The molecule has 0 aliphatic heterocycles. The Labute approximate surface area is 146 Å². The summed E-state index contributed by atoms with van der Waals surface area (Å²) in [6, 6.07) is 5.36. The smallest absolute Gasteiger partial charge is 0.297 e. The van der Waals surface area contributed by atoms with E-state index in [0.717, 1.165) is 15.9 Å². The zero-order valence-corrected chi connectivity index (χ0v) is 15.1. The molecule has 3 aromatic rings. The van der Waals surface area contributed by atoms with E-state index in [1.807, 2.05) is 27.0 Å². The fourth-order valence-electron chi connectivity index (χ4n) is 2.38. The normalized spacial score (nSPS) is 12.3. The molecule has 0 radical (unpaired) electrons. The van der Waals surface area contributed by atoms with Crippen molar-refractivity contribution in [3.63, 3.8) is 0 Å². The quantitative estimate of drug-likeness (QED) is 0.690. The lowest BCUT2D eigenvalue weighted by molar-refractivity contribution is 0.0988. The Morgan fingerprint density at radius 1 is 1.39 bits per heavy atom. The second kappa shape index (κ2) is 6.11. The molecule has 0 N–H and O–H groups in total. The molecule has 8 heteroatoms. The lowest BCUT2D eigenvalue weighted by atomic mass is 10.3. The number of fused-ring (bicyclic) bond motifs is 1. The zero-order valence-electron chi connectivity index (χ0n) is 12.8. The Morgan fingerprint density at radius 3 is 2.83 bits per heavy atom. The summed E-state index contributed by atoms with van der Waals surface area (Å²) in [5.41, 5.74) is 2.04. The van der Waals surface area contributed by atoms with Gasteiger partial charge in [-0.2, -0.15) is 10.1 Å². The molecule has 0 spiro atoms. The Morgan fingerprint density at radius 2 is 2.13 bits per heavy atom. The first-order chi connectivity index (χ1) is 10.9. The first kappa shape index (κ1) is 16.2. The molecule has 0 fully saturated rings. The number of aryl methyl sites for hydroxylation is 3. The van der Waals surface area contributed by atoms with Crippen LogP contribution in [0.4, 0.5) is 0 Å². The molecule has 0 unspecified atom stereocenters. The molecule has 120 valence electrons. The van der Waals surface area contributed by atoms with Gasteiger partial charge in [-0.1, -0.05) is 34.5 Å². The van der Waals surface area contributed by atoms with E-state index in [-0.39, 0.29) is 5.91 Å². The van der Waals surface area contributed by atoms with Gasteiger partial charge in [0.1, 0.15) is 5.69 Å². The topological polar surface area (TPSA) is 52.2 Å². The minimum absolute atomic E-state index is 0.322. The maximum absolute atomic E-state index is 12.5. The first-order valence-corrected chi connectivity index (χ1v) is 8.56. The van der Waals surface area contributed by atoms with Crippen LogP contribution in [0.1, 0.15) is 23.1 Å². The van der Waals surface area contributed by atoms with Crippen LogP contribution in [0.5, 0.6) is 0 Å². The van der Waals surface area contributed by atoms with Crippen LogP contribution in [0.25, 0.3) is 10.2 Å². The van der Waals surface area contributed by atoms with Crippen molar-refractivity contribution in [2.75, 3.05) is 0 Å². The molecule has 0 saturated heterocycles. The summed E-state index contributed by atoms with van der Waals surface area (Å²) in [6.07, 6.45) is 0. The number of nitrogens with zero attached hydrogens (tertiary/aromatic N) is 4. The number of amides is 1. The number of hydrogen-bond acceptors (Lipinski definition) is 3. The number of rotatable bonds is 2. The predicted octanol–water partition coefficient (Wildman–Crippen LogP) is 3.81. The van der Waals surface area contributed by atoms with Gasteiger partial charge in [-0.3, -0.25) is 9.48 Å². The highest BCUT2D eigenvalue weighted by Crippen LogP contribution is 2.31. The summed E-state index contributed by atoms with van der Waals surface area (Å²) >= 11 is 13.7. The average molecular weight is 369 g/mol. The molecule has 0 aliphatic carbocycles. The number of carbonyl (C=O) groups is 1. The molecule has 2 aromatic heterocycles. The van der Waals surface area contributed by atoms with Crippen molar-refractivity contribution in [3.8, 4) is 0 Å². The molecule has 0 saturated carbocycles. The van der Waals surface area contributed by atoms with E-state index in [2.05, 4.69) is 10.1 Å². The SMILES string of the molecule is CCn1nc(C)cc1C(=O)N=c1sc2ccc(Cl)c(Cl)c2n1C. The van der Waals surface area contributed by atoms with Crippen molar-refractivity contribution in [1.29, 1.82) is 0 Å². The van der Waals surface area contributed by atoms with Crippen molar-refractivity contribution in [1.82, 2.24) is 14.3 Å². The summed E-state index contributed by atoms with van der Waals surface area (Å²) in [5, 5.41) is 5.22. The molecular formula is C15H14Cl2N4OS. The van der Waals surface area contributed by atoms with Crippen molar-refractivity contribution in [3.05, 3.63) is 44.4 Å². The van der Waals surface area contributed by atoms with Gasteiger partial charge in [-0.25, -0.2) is 0 Å². The third-order valence-corrected chi connectivity index (χ3v) is 5.36. The summed E-state index contributed by atoms with van der Waals surface area (Å²) in [5.74, 6) is -0.322. The van der Waals surface area contributed by atoms with E-state index in [1.165, 1.54) is 11.3 Å². The van der Waals surface area contributed by atoms with Gasteiger partial charge in [-0.15, -0.1) is 0 Å². The van der Waals surface area contributed by atoms with Crippen LogP contribution in [0.2, 0.25) is 10.0 Å².